The van der Waals surface area contributed by atoms with Crippen LogP contribution in [0.1, 0.15) is 5.56 Å². The summed E-state index contributed by atoms with van der Waals surface area (Å²) in [6.07, 6.45) is 0. The minimum absolute atomic E-state index is 0.261. The van der Waals surface area contributed by atoms with Crippen LogP contribution >= 0.6 is 0 Å². The van der Waals surface area contributed by atoms with Crippen molar-refractivity contribution < 1.29 is 24.3 Å². The van der Waals surface area contributed by atoms with E-state index in [1.54, 1.807) is 44.6 Å². The molecule has 0 radical (unpaired) electrons. The molecule has 0 unspecified atom stereocenters. The van der Waals surface area contributed by atoms with Gasteiger partial charge in [0.1, 0.15) is 23.9 Å². The van der Waals surface area contributed by atoms with E-state index in [2.05, 4.69) is 0 Å². The second-order valence-corrected chi connectivity index (χ2v) is 4.42. The fourth-order valence-electron chi connectivity index (χ4n) is 1.94. The van der Waals surface area contributed by atoms with Crippen LogP contribution in [0.2, 0.25) is 0 Å². The van der Waals surface area contributed by atoms with Gasteiger partial charge in [-0.3, -0.25) is 0 Å². The quantitative estimate of drug-likeness (QED) is 0.775. The molecular weight excluding hydrogens is 271 g/mol. The third kappa shape index (κ3) is 3.90. The van der Waals surface area contributed by atoms with E-state index in [1.165, 1.54) is 0 Å². The van der Waals surface area contributed by atoms with E-state index in [9.17, 15) is 10.0 Å². The highest BCUT2D eigenvalue weighted by molar-refractivity contribution is 6.59. The van der Waals surface area contributed by atoms with Gasteiger partial charge in [-0.2, -0.15) is 0 Å². The van der Waals surface area contributed by atoms with Crippen LogP contribution in [0.25, 0.3) is 0 Å². The number of hydrogen-bond donors (Lipinski definition) is 2. The molecule has 2 aromatic carbocycles. The van der Waals surface area contributed by atoms with Crippen molar-refractivity contribution >= 4 is 12.6 Å². The van der Waals surface area contributed by atoms with E-state index >= 15 is 0 Å². The zero-order chi connectivity index (χ0) is 15.2. The standard InChI is InChI=1S/C15H17BO5/c1-19-12-7-11(8-13(9-12)20-2)10-21-15-6-4-3-5-14(15)16(17)18/h3-9,17-18H,10H2,1-2H3. The summed E-state index contributed by atoms with van der Waals surface area (Å²) in [7, 11) is 1.59. The summed E-state index contributed by atoms with van der Waals surface area (Å²) in [5.74, 6) is 1.76. The van der Waals surface area contributed by atoms with Gasteiger partial charge in [-0.1, -0.05) is 18.2 Å². The van der Waals surface area contributed by atoms with Crippen molar-refractivity contribution in [2.24, 2.45) is 0 Å². The average molecular weight is 288 g/mol. The maximum atomic E-state index is 9.30. The Morgan fingerprint density at radius 1 is 0.952 bits per heavy atom. The molecule has 0 saturated heterocycles. The van der Waals surface area contributed by atoms with Crippen molar-refractivity contribution in [2.75, 3.05) is 14.2 Å². The Bertz CT molecular complexity index is 578. The lowest BCUT2D eigenvalue weighted by molar-refractivity contribution is 0.304. The maximum Gasteiger partial charge on any atom is 0.492 e. The third-order valence-corrected chi connectivity index (χ3v) is 3.00. The second-order valence-electron chi connectivity index (χ2n) is 4.42. The molecule has 2 N–H and O–H groups in total. The fourth-order valence-corrected chi connectivity index (χ4v) is 1.94. The molecule has 0 aliphatic carbocycles. The molecule has 21 heavy (non-hydrogen) atoms. The van der Waals surface area contributed by atoms with E-state index in [1.807, 2.05) is 12.1 Å². The molecule has 0 aliphatic rings. The van der Waals surface area contributed by atoms with Gasteiger partial charge in [-0.15, -0.1) is 0 Å². The first kappa shape index (κ1) is 15.2. The first-order valence-corrected chi connectivity index (χ1v) is 6.44. The Kier molecular flexibility index (Phi) is 5.08. The highest BCUT2D eigenvalue weighted by atomic mass is 16.5. The summed E-state index contributed by atoms with van der Waals surface area (Å²) in [5.41, 5.74) is 1.18. The van der Waals surface area contributed by atoms with Crippen molar-refractivity contribution in [3.8, 4) is 17.2 Å². The Labute approximate surface area is 123 Å². The molecule has 0 saturated carbocycles. The van der Waals surface area contributed by atoms with E-state index < -0.39 is 7.12 Å². The van der Waals surface area contributed by atoms with Crippen LogP contribution in [-0.2, 0) is 6.61 Å². The van der Waals surface area contributed by atoms with Gasteiger partial charge in [0.25, 0.3) is 0 Å². The van der Waals surface area contributed by atoms with Crippen LogP contribution in [0.3, 0.4) is 0 Å². The lowest BCUT2D eigenvalue weighted by atomic mass is 9.79. The normalized spacial score (nSPS) is 10.1. The molecule has 5 nitrogen and oxygen atoms in total. The zero-order valence-corrected chi connectivity index (χ0v) is 11.9. The summed E-state index contributed by atoms with van der Waals surface area (Å²) in [6, 6.07) is 12.2. The Hall–Kier alpha value is -2.18. The van der Waals surface area contributed by atoms with Crippen LogP contribution in [0.15, 0.2) is 42.5 Å². The first-order valence-electron chi connectivity index (χ1n) is 6.44. The largest absolute Gasteiger partial charge is 0.497 e. The van der Waals surface area contributed by atoms with Crippen molar-refractivity contribution in [3.05, 3.63) is 48.0 Å². The predicted octanol–water partition coefficient (Wildman–Crippen LogP) is 0.963. The molecule has 0 spiro atoms. The van der Waals surface area contributed by atoms with Gasteiger partial charge in [-0.25, -0.2) is 0 Å². The fraction of sp³-hybridized carbons (Fsp3) is 0.200. The summed E-state index contributed by atoms with van der Waals surface area (Å²) in [6.45, 7) is 0.261. The maximum absolute atomic E-state index is 9.30. The summed E-state index contributed by atoms with van der Waals surface area (Å²) < 4.78 is 16.0. The smallest absolute Gasteiger partial charge is 0.492 e. The Balaban J connectivity index is 2.16. The van der Waals surface area contributed by atoms with E-state index in [0.29, 0.717) is 22.7 Å². The molecule has 0 aliphatic heterocycles. The molecule has 0 amide bonds. The van der Waals surface area contributed by atoms with Gasteiger partial charge >= 0.3 is 7.12 Å². The first-order chi connectivity index (χ1) is 10.1. The monoisotopic (exact) mass is 288 g/mol. The number of rotatable bonds is 6. The summed E-state index contributed by atoms with van der Waals surface area (Å²) in [5, 5.41) is 18.6. The highest BCUT2D eigenvalue weighted by Crippen LogP contribution is 2.23. The second kappa shape index (κ2) is 7.01. The summed E-state index contributed by atoms with van der Waals surface area (Å²) in [4.78, 5) is 0. The number of para-hydroxylation sites is 1. The van der Waals surface area contributed by atoms with Gasteiger partial charge < -0.3 is 24.3 Å². The number of methoxy groups -OCH3 is 2. The SMILES string of the molecule is COc1cc(COc2ccccc2B(O)O)cc(OC)c1. The minimum Gasteiger partial charge on any atom is -0.497 e. The van der Waals surface area contributed by atoms with Crippen molar-refractivity contribution in [1.29, 1.82) is 0 Å². The van der Waals surface area contributed by atoms with Gasteiger partial charge in [0.15, 0.2) is 0 Å². The minimum atomic E-state index is -1.57. The van der Waals surface area contributed by atoms with Crippen LogP contribution in [-0.4, -0.2) is 31.4 Å². The zero-order valence-electron chi connectivity index (χ0n) is 11.9. The summed E-state index contributed by atoms with van der Waals surface area (Å²) >= 11 is 0. The van der Waals surface area contributed by atoms with E-state index in [4.69, 9.17) is 14.2 Å². The molecule has 0 bridgehead atoms. The molecular formula is C15H17BO5. The van der Waals surface area contributed by atoms with Crippen molar-refractivity contribution in [1.82, 2.24) is 0 Å². The third-order valence-electron chi connectivity index (χ3n) is 3.00. The van der Waals surface area contributed by atoms with Gasteiger partial charge in [0.05, 0.1) is 14.2 Å². The topological polar surface area (TPSA) is 68.2 Å². The van der Waals surface area contributed by atoms with Gasteiger partial charge in [-0.05, 0) is 23.8 Å². The van der Waals surface area contributed by atoms with E-state index in [0.717, 1.165) is 5.56 Å². The van der Waals surface area contributed by atoms with Crippen LogP contribution < -0.4 is 19.7 Å². The van der Waals surface area contributed by atoms with Gasteiger partial charge in [0.2, 0.25) is 0 Å². The molecule has 0 heterocycles. The molecule has 6 heteroatoms. The molecule has 0 aromatic heterocycles. The highest BCUT2D eigenvalue weighted by Gasteiger charge is 2.16. The number of hydrogen-bond acceptors (Lipinski definition) is 5. The lowest BCUT2D eigenvalue weighted by Gasteiger charge is -2.12. The van der Waals surface area contributed by atoms with Crippen LogP contribution in [0.5, 0.6) is 17.2 Å². The van der Waals surface area contributed by atoms with Crippen molar-refractivity contribution in [3.63, 3.8) is 0 Å². The molecule has 2 rings (SSSR count). The molecule has 2 aromatic rings. The Morgan fingerprint density at radius 3 is 2.14 bits per heavy atom. The van der Waals surface area contributed by atoms with E-state index in [-0.39, 0.29) is 6.61 Å². The molecule has 0 atom stereocenters. The van der Waals surface area contributed by atoms with Gasteiger partial charge in [0, 0.05) is 11.5 Å². The predicted molar refractivity (Wildman–Crippen MR) is 80.1 cm³/mol. The Morgan fingerprint density at radius 2 is 1.57 bits per heavy atom. The molecule has 0 fully saturated rings. The lowest BCUT2D eigenvalue weighted by Crippen LogP contribution is -2.31. The number of benzene rings is 2. The van der Waals surface area contributed by atoms with Crippen LogP contribution in [0, 0.1) is 0 Å². The average Bonchev–Trinajstić information content (AvgIpc) is 2.52. The van der Waals surface area contributed by atoms with Crippen molar-refractivity contribution in [2.45, 2.75) is 6.61 Å². The molecule has 110 valence electrons. The number of ether oxygens (including phenoxy) is 3. The van der Waals surface area contributed by atoms with Crippen LogP contribution in [0.4, 0.5) is 0 Å².